The van der Waals surface area contributed by atoms with E-state index in [1.807, 2.05) is 31.2 Å². The van der Waals surface area contributed by atoms with Crippen molar-refractivity contribution in [3.63, 3.8) is 0 Å². The number of benzene rings is 2. The van der Waals surface area contributed by atoms with E-state index in [9.17, 15) is 14.7 Å². The lowest BCUT2D eigenvalue weighted by molar-refractivity contribution is -0.139. The summed E-state index contributed by atoms with van der Waals surface area (Å²) in [6, 6.07) is 11.7. The summed E-state index contributed by atoms with van der Waals surface area (Å²) in [4.78, 5) is 26.3. The van der Waals surface area contributed by atoms with Crippen molar-refractivity contribution in [2.45, 2.75) is 13.0 Å². The van der Waals surface area contributed by atoms with Crippen molar-refractivity contribution < 1.29 is 24.2 Å². The van der Waals surface area contributed by atoms with Crippen LogP contribution >= 0.6 is 0 Å². The second-order valence-corrected chi connectivity index (χ2v) is 6.39. The molecule has 1 atom stereocenters. The number of amides is 1. The predicted molar refractivity (Wildman–Crippen MR) is 101 cm³/mol. The number of hydrogen-bond donors (Lipinski definition) is 1. The van der Waals surface area contributed by atoms with Crippen LogP contribution in [0, 0.1) is 6.92 Å². The quantitative estimate of drug-likeness (QED) is 0.511. The van der Waals surface area contributed by atoms with Crippen LogP contribution in [0.4, 0.5) is 0 Å². The number of ether oxygens (including phenoxy) is 2. The molecule has 2 aromatic rings. The van der Waals surface area contributed by atoms with Gasteiger partial charge < -0.3 is 19.5 Å². The first kappa shape index (κ1) is 18.5. The molecule has 0 bridgehead atoms. The fourth-order valence-corrected chi connectivity index (χ4v) is 3.23. The van der Waals surface area contributed by atoms with Crippen LogP contribution in [-0.4, -0.2) is 43.0 Å². The van der Waals surface area contributed by atoms with E-state index in [1.54, 1.807) is 25.2 Å². The maximum absolute atomic E-state index is 12.6. The van der Waals surface area contributed by atoms with E-state index in [0.717, 1.165) is 11.1 Å². The van der Waals surface area contributed by atoms with Gasteiger partial charge in [0.25, 0.3) is 11.7 Å². The summed E-state index contributed by atoms with van der Waals surface area (Å²) in [5.74, 6) is -0.693. The Bertz CT molecular complexity index is 930. The summed E-state index contributed by atoms with van der Waals surface area (Å²) < 4.78 is 10.5. The highest BCUT2D eigenvalue weighted by Crippen LogP contribution is 2.39. The molecule has 1 heterocycles. The summed E-state index contributed by atoms with van der Waals surface area (Å²) >= 11 is 0. The molecule has 0 spiro atoms. The first-order valence-electron chi connectivity index (χ1n) is 8.42. The Hall–Kier alpha value is -3.28. The summed E-state index contributed by atoms with van der Waals surface area (Å²) in [5.41, 5.74) is 2.24. The van der Waals surface area contributed by atoms with Gasteiger partial charge in [-0.15, -0.1) is 0 Å². The van der Waals surface area contributed by atoms with Gasteiger partial charge in [0, 0.05) is 12.6 Å². The minimum absolute atomic E-state index is 0.0542. The van der Waals surface area contributed by atoms with Crippen LogP contribution in [0.1, 0.15) is 22.7 Å². The molecule has 27 heavy (non-hydrogen) atoms. The molecule has 1 saturated heterocycles. The van der Waals surface area contributed by atoms with Gasteiger partial charge in [-0.2, -0.15) is 0 Å². The maximum atomic E-state index is 12.6. The Morgan fingerprint density at radius 3 is 2.22 bits per heavy atom. The lowest BCUT2D eigenvalue weighted by Gasteiger charge is -2.21. The molecule has 1 N–H and O–H groups in total. The Balaban J connectivity index is 2.16. The molecule has 6 nitrogen and oxygen atoms in total. The Morgan fingerprint density at radius 2 is 1.63 bits per heavy atom. The van der Waals surface area contributed by atoms with E-state index in [4.69, 9.17) is 9.47 Å². The van der Waals surface area contributed by atoms with Gasteiger partial charge in [0.05, 0.1) is 25.8 Å². The van der Waals surface area contributed by atoms with Crippen molar-refractivity contribution in [3.8, 4) is 11.5 Å². The van der Waals surface area contributed by atoms with Gasteiger partial charge in [-0.25, -0.2) is 0 Å². The van der Waals surface area contributed by atoms with Gasteiger partial charge in [-0.1, -0.05) is 29.8 Å². The molecular weight excluding hydrogens is 346 g/mol. The number of rotatable bonds is 4. The first-order valence-corrected chi connectivity index (χ1v) is 8.42. The average Bonchev–Trinajstić information content (AvgIpc) is 2.91. The highest BCUT2D eigenvalue weighted by molar-refractivity contribution is 6.46. The number of carbonyl (C=O) groups excluding carboxylic acids is 2. The standard InChI is InChI=1S/C21H21NO5/c1-12-5-7-13(8-6-12)18-17(20(24)21(25)22(18)2)19(23)14-9-10-15(26-3)16(11-14)27-4/h5-11,18,23H,1-4H3/t18-/m0/s1. The van der Waals surface area contributed by atoms with Crippen LogP contribution in [0.15, 0.2) is 48.0 Å². The summed E-state index contributed by atoms with van der Waals surface area (Å²) in [5, 5.41) is 10.9. The Morgan fingerprint density at radius 1 is 1.00 bits per heavy atom. The number of hydrogen-bond acceptors (Lipinski definition) is 5. The number of carbonyl (C=O) groups is 2. The fourth-order valence-electron chi connectivity index (χ4n) is 3.23. The lowest BCUT2D eigenvalue weighted by atomic mass is 9.95. The van der Waals surface area contributed by atoms with Gasteiger partial charge in [0.1, 0.15) is 5.76 Å². The van der Waals surface area contributed by atoms with E-state index in [0.29, 0.717) is 17.1 Å². The molecule has 1 aliphatic heterocycles. The number of methoxy groups -OCH3 is 2. The number of likely N-dealkylation sites (tertiary alicyclic amines) is 1. The summed E-state index contributed by atoms with van der Waals surface area (Å²) in [7, 11) is 4.55. The van der Waals surface area contributed by atoms with E-state index < -0.39 is 17.7 Å². The molecule has 0 radical (unpaired) electrons. The van der Waals surface area contributed by atoms with Gasteiger partial charge in [0.2, 0.25) is 0 Å². The largest absolute Gasteiger partial charge is 0.507 e. The van der Waals surface area contributed by atoms with E-state index in [-0.39, 0.29) is 11.3 Å². The van der Waals surface area contributed by atoms with Crippen molar-refractivity contribution in [1.82, 2.24) is 4.90 Å². The second-order valence-electron chi connectivity index (χ2n) is 6.39. The molecule has 1 amide bonds. The summed E-state index contributed by atoms with van der Waals surface area (Å²) in [6.07, 6.45) is 0. The zero-order valence-electron chi connectivity index (χ0n) is 15.6. The van der Waals surface area contributed by atoms with Gasteiger partial charge in [-0.05, 0) is 30.7 Å². The van der Waals surface area contributed by atoms with Crippen LogP contribution in [-0.2, 0) is 9.59 Å². The monoisotopic (exact) mass is 367 g/mol. The predicted octanol–water partition coefficient (Wildman–Crippen LogP) is 3.06. The number of aliphatic hydroxyl groups excluding tert-OH is 1. The van der Waals surface area contributed by atoms with Crippen LogP contribution in [0.2, 0.25) is 0 Å². The lowest BCUT2D eigenvalue weighted by Crippen LogP contribution is -2.24. The SMILES string of the molecule is COc1ccc(C(O)=C2C(=O)C(=O)N(C)[C@H]2c2ccc(C)cc2)cc1OC. The molecular formula is C21H21NO5. The molecule has 1 aliphatic rings. The van der Waals surface area contributed by atoms with E-state index in [2.05, 4.69) is 0 Å². The van der Waals surface area contributed by atoms with Crippen molar-refractivity contribution >= 4 is 17.4 Å². The topological polar surface area (TPSA) is 76.1 Å². The Kier molecular flexibility index (Phi) is 4.90. The van der Waals surface area contributed by atoms with E-state index in [1.165, 1.54) is 19.1 Å². The molecule has 0 aliphatic carbocycles. The van der Waals surface area contributed by atoms with Crippen molar-refractivity contribution in [2.24, 2.45) is 0 Å². The zero-order valence-corrected chi connectivity index (χ0v) is 15.6. The molecule has 1 fully saturated rings. The number of nitrogens with zero attached hydrogens (tertiary/aromatic N) is 1. The number of aryl methyl sites for hydroxylation is 1. The number of aliphatic hydroxyl groups is 1. The number of Topliss-reactive ketones (excluding diaryl/α,β-unsaturated/α-hetero) is 1. The van der Waals surface area contributed by atoms with Crippen molar-refractivity contribution in [2.75, 3.05) is 21.3 Å². The highest BCUT2D eigenvalue weighted by atomic mass is 16.5. The summed E-state index contributed by atoms with van der Waals surface area (Å²) in [6.45, 7) is 1.95. The van der Waals surface area contributed by atoms with Gasteiger partial charge >= 0.3 is 0 Å². The molecule has 3 rings (SSSR count). The van der Waals surface area contributed by atoms with Crippen molar-refractivity contribution in [1.29, 1.82) is 0 Å². The molecule has 140 valence electrons. The van der Waals surface area contributed by atoms with Crippen molar-refractivity contribution in [3.05, 3.63) is 64.7 Å². The third-order valence-electron chi connectivity index (χ3n) is 4.73. The second kappa shape index (κ2) is 7.15. The smallest absolute Gasteiger partial charge is 0.295 e. The molecule has 0 unspecified atom stereocenters. The van der Waals surface area contributed by atoms with Gasteiger partial charge in [-0.3, -0.25) is 9.59 Å². The Labute approximate surface area is 157 Å². The van der Waals surface area contributed by atoms with Crippen LogP contribution < -0.4 is 9.47 Å². The molecule has 6 heteroatoms. The molecule has 0 aromatic heterocycles. The normalized spacial score (nSPS) is 18.7. The maximum Gasteiger partial charge on any atom is 0.295 e. The van der Waals surface area contributed by atoms with Crippen LogP contribution in [0.3, 0.4) is 0 Å². The molecule has 2 aromatic carbocycles. The number of ketones is 1. The zero-order chi connectivity index (χ0) is 19.7. The molecule has 0 saturated carbocycles. The highest BCUT2D eigenvalue weighted by Gasteiger charge is 2.44. The fraction of sp³-hybridized carbons (Fsp3) is 0.238. The third kappa shape index (κ3) is 3.14. The minimum atomic E-state index is -0.713. The van der Waals surface area contributed by atoms with Gasteiger partial charge in [0.15, 0.2) is 11.5 Å². The first-order chi connectivity index (χ1) is 12.9. The average molecular weight is 367 g/mol. The number of likely N-dealkylation sites (N-methyl/N-ethyl adjacent to an activating group) is 1. The van der Waals surface area contributed by atoms with E-state index >= 15 is 0 Å². The third-order valence-corrected chi connectivity index (χ3v) is 4.73. The van der Waals surface area contributed by atoms with Crippen LogP contribution in [0.5, 0.6) is 11.5 Å². The minimum Gasteiger partial charge on any atom is -0.507 e. The van der Waals surface area contributed by atoms with Crippen LogP contribution in [0.25, 0.3) is 5.76 Å².